The van der Waals surface area contributed by atoms with Crippen molar-refractivity contribution in [3.63, 3.8) is 0 Å². The minimum Gasteiger partial charge on any atom is -0.396 e. The maximum atomic E-state index is 5.92. The fourth-order valence-electron chi connectivity index (χ4n) is 1.54. The molecule has 2 aromatic rings. The van der Waals surface area contributed by atoms with Crippen molar-refractivity contribution in [2.45, 2.75) is 6.42 Å². The molecule has 0 amide bonds. The lowest BCUT2D eigenvalue weighted by atomic mass is 10.1. The lowest BCUT2D eigenvalue weighted by Crippen LogP contribution is -2.03. The summed E-state index contributed by atoms with van der Waals surface area (Å²) in [6.45, 7) is 0. The second-order valence-electron chi connectivity index (χ2n) is 3.28. The monoisotopic (exact) mass is 197 g/mol. The second-order valence-corrected chi connectivity index (χ2v) is 3.28. The Morgan fingerprint density at radius 1 is 1.20 bits per heavy atom. The first-order chi connectivity index (χ1) is 7.24. The third-order valence-electron chi connectivity index (χ3n) is 2.32. The molecule has 0 unspecified atom stereocenters. The number of nitrogens with two attached hydrogens (primary N) is 2. The minimum absolute atomic E-state index is 0.404. The summed E-state index contributed by atoms with van der Waals surface area (Å²) in [5.74, 6) is 2.52. The molecular formula is C12H11N3. The predicted octanol–water partition coefficient (Wildman–Crippen LogP) is 1.57. The van der Waals surface area contributed by atoms with Gasteiger partial charge in [0.25, 0.3) is 0 Å². The van der Waals surface area contributed by atoms with E-state index >= 15 is 0 Å². The number of fused-ring (bicyclic) bond motifs is 1. The van der Waals surface area contributed by atoms with Gasteiger partial charge >= 0.3 is 0 Å². The van der Waals surface area contributed by atoms with Gasteiger partial charge in [-0.15, -0.1) is 12.3 Å². The van der Waals surface area contributed by atoms with Crippen molar-refractivity contribution >= 4 is 22.3 Å². The van der Waals surface area contributed by atoms with Gasteiger partial charge in [0.1, 0.15) is 0 Å². The van der Waals surface area contributed by atoms with Gasteiger partial charge in [-0.25, -0.2) is 4.98 Å². The van der Waals surface area contributed by atoms with E-state index in [1.807, 2.05) is 24.3 Å². The predicted molar refractivity (Wildman–Crippen MR) is 63.1 cm³/mol. The minimum atomic E-state index is 0.404. The molecule has 0 aliphatic carbocycles. The zero-order chi connectivity index (χ0) is 10.8. The van der Waals surface area contributed by atoms with Crippen molar-refractivity contribution in [2.75, 3.05) is 11.5 Å². The van der Waals surface area contributed by atoms with Crippen LogP contribution in [0.3, 0.4) is 0 Å². The molecule has 0 saturated carbocycles. The number of terminal acetylenes is 1. The first-order valence-electron chi connectivity index (χ1n) is 4.60. The first-order valence-corrected chi connectivity index (χ1v) is 4.60. The molecule has 4 N–H and O–H groups in total. The Hall–Kier alpha value is -2.21. The molecule has 0 atom stereocenters. The van der Waals surface area contributed by atoms with Gasteiger partial charge in [-0.3, -0.25) is 0 Å². The SMILES string of the molecule is C#CCc1nc2ccccc2c(N)c1N. The van der Waals surface area contributed by atoms with Crippen molar-refractivity contribution in [2.24, 2.45) is 0 Å². The van der Waals surface area contributed by atoms with Crippen LogP contribution in [-0.4, -0.2) is 4.98 Å². The Bertz CT molecular complexity index is 553. The molecule has 0 bridgehead atoms. The average Bonchev–Trinajstić information content (AvgIpc) is 2.26. The van der Waals surface area contributed by atoms with Crippen LogP contribution in [0.25, 0.3) is 10.9 Å². The Kier molecular flexibility index (Phi) is 2.18. The zero-order valence-corrected chi connectivity index (χ0v) is 8.20. The number of aromatic nitrogens is 1. The maximum absolute atomic E-state index is 5.92. The quantitative estimate of drug-likeness (QED) is 0.682. The van der Waals surface area contributed by atoms with Gasteiger partial charge in [-0.1, -0.05) is 18.2 Å². The summed E-state index contributed by atoms with van der Waals surface area (Å²) in [5, 5.41) is 0.871. The van der Waals surface area contributed by atoms with Crippen molar-refractivity contribution in [3.8, 4) is 12.3 Å². The highest BCUT2D eigenvalue weighted by molar-refractivity contribution is 5.96. The molecule has 2 rings (SSSR count). The van der Waals surface area contributed by atoms with Crippen molar-refractivity contribution in [1.82, 2.24) is 4.98 Å². The van der Waals surface area contributed by atoms with E-state index < -0.39 is 0 Å². The van der Waals surface area contributed by atoms with Crippen molar-refractivity contribution in [3.05, 3.63) is 30.0 Å². The van der Waals surface area contributed by atoms with Crippen LogP contribution in [0.15, 0.2) is 24.3 Å². The largest absolute Gasteiger partial charge is 0.396 e. The zero-order valence-electron chi connectivity index (χ0n) is 8.20. The molecule has 0 fully saturated rings. The van der Waals surface area contributed by atoms with Gasteiger partial charge in [0.2, 0.25) is 0 Å². The Morgan fingerprint density at radius 3 is 2.67 bits per heavy atom. The van der Waals surface area contributed by atoms with E-state index in [1.54, 1.807) is 0 Å². The maximum Gasteiger partial charge on any atom is 0.0783 e. The van der Waals surface area contributed by atoms with Gasteiger partial charge in [0.05, 0.1) is 29.0 Å². The van der Waals surface area contributed by atoms with Crippen LogP contribution < -0.4 is 11.5 Å². The summed E-state index contributed by atoms with van der Waals surface area (Å²) in [6.07, 6.45) is 5.64. The molecule has 3 heteroatoms. The number of para-hydroxylation sites is 1. The number of hydrogen-bond donors (Lipinski definition) is 2. The molecule has 1 heterocycles. The van der Waals surface area contributed by atoms with Gasteiger partial charge in [0.15, 0.2) is 0 Å². The summed E-state index contributed by atoms with van der Waals surface area (Å²) < 4.78 is 0. The van der Waals surface area contributed by atoms with Crippen LogP contribution in [0.2, 0.25) is 0 Å². The number of anilines is 2. The highest BCUT2D eigenvalue weighted by Crippen LogP contribution is 2.27. The average molecular weight is 197 g/mol. The van der Waals surface area contributed by atoms with E-state index in [-0.39, 0.29) is 0 Å². The molecule has 74 valence electrons. The Labute approximate surface area is 88.1 Å². The van der Waals surface area contributed by atoms with Gasteiger partial charge < -0.3 is 11.5 Å². The molecule has 1 aromatic carbocycles. The molecule has 0 aliphatic rings. The number of rotatable bonds is 1. The van der Waals surface area contributed by atoms with Gasteiger partial charge in [0, 0.05) is 5.39 Å². The highest BCUT2D eigenvalue weighted by Gasteiger charge is 2.08. The van der Waals surface area contributed by atoms with Crippen molar-refractivity contribution in [1.29, 1.82) is 0 Å². The van der Waals surface area contributed by atoms with Crippen LogP contribution in [0.1, 0.15) is 5.69 Å². The lowest BCUT2D eigenvalue weighted by Gasteiger charge is -2.08. The molecular weight excluding hydrogens is 186 g/mol. The van der Waals surface area contributed by atoms with Crippen LogP contribution in [-0.2, 0) is 6.42 Å². The van der Waals surface area contributed by atoms with Crippen LogP contribution in [0, 0.1) is 12.3 Å². The molecule has 0 saturated heterocycles. The number of nitrogens with zero attached hydrogens (tertiary/aromatic N) is 1. The first kappa shape index (κ1) is 9.35. The van der Waals surface area contributed by atoms with Crippen LogP contribution in [0.5, 0.6) is 0 Å². The summed E-state index contributed by atoms with van der Waals surface area (Å²) in [4.78, 5) is 4.38. The Morgan fingerprint density at radius 2 is 1.93 bits per heavy atom. The summed E-state index contributed by atoms with van der Waals surface area (Å²) in [5.41, 5.74) is 14.3. The van der Waals surface area contributed by atoms with E-state index in [9.17, 15) is 0 Å². The molecule has 0 spiro atoms. The molecule has 1 aromatic heterocycles. The summed E-state index contributed by atoms with van der Waals surface area (Å²) >= 11 is 0. The highest BCUT2D eigenvalue weighted by atomic mass is 14.8. The molecule has 15 heavy (non-hydrogen) atoms. The fraction of sp³-hybridized carbons (Fsp3) is 0.0833. The third-order valence-corrected chi connectivity index (χ3v) is 2.32. The summed E-state index contributed by atoms with van der Waals surface area (Å²) in [6, 6.07) is 7.60. The van der Waals surface area contributed by atoms with Crippen LogP contribution in [0.4, 0.5) is 11.4 Å². The molecule has 3 nitrogen and oxygen atoms in total. The Balaban J connectivity index is 2.78. The van der Waals surface area contributed by atoms with E-state index in [4.69, 9.17) is 17.9 Å². The molecule has 0 radical (unpaired) electrons. The lowest BCUT2D eigenvalue weighted by molar-refractivity contribution is 1.18. The van der Waals surface area contributed by atoms with Gasteiger partial charge in [-0.05, 0) is 6.07 Å². The van der Waals surface area contributed by atoms with E-state index in [2.05, 4.69) is 10.9 Å². The number of hydrogen-bond acceptors (Lipinski definition) is 3. The third kappa shape index (κ3) is 1.46. The number of nitrogen functional groups attached to an aromatic ring is 2. The normalized spacial score (nSPS) is 10.1. The second kappa shape index (κ2) is 3.50. The number of pyridine rings is 1. The smallest absolute Gasteiger partial charge is 0.0783 e. The topological polar surface area (TPSA) is 64.9 Å². The van der Waals surface area contributed by atoms with Crippen LogP contribution >= 0.6 is 0 Å². The summed E-state index contributed by atoms with van der Waals surface area (Å²) in [7, 11) is 0. The van der Waals surface area contributed by atoms with Crippen molar-refractivity contribution < 1.29 is 0 Å². The van der Waals surface area contributed by atoms with E-state index in [1.165, 1.54) is 0 Å². The number of benzene rings is 1. The van der Waals surface area contributed by atoms with Gasteiger partial charge in [-0.2, -0.15) is 0 Å². The standard InChI is InChI=1S/C12H11N3/c1-2-5-10-12(14)11(13)8-6-3-4-7-9(8)15-10/h1,3-4,6-7H,5,14H2,(H2,13,15). The van der Waals surface area contributed by atoms with E-state index in [0.29, 0.717) is 23.5 Å². The van der Waals surface area contributed by atoms with E-state index in [0.717, 1.165) is 10.9 Å². The fourth-order valence-corrected chi connectivity index (χ4v) is 1.54. The molecule has 0 aliphatic heterocycles.